The van der Waals surface area contributed by atoms with Gasteiger partial charge in [-0.15, -0.1) is 0 Å². The predicted octanol–water partition coefficient (Wildman–Crippen LogP) is -0.842. The quantitative estimate of drug-likeness (QED) is 0.141. The number of hydrogen-bond acceptors (Lipinski definition) is 11. The zero-order valence-corrected chi connectivity index (χ0v) is 20.0. The number of aliphatic hydroxyl groups is 7. The molecule has 11 heteroatoms. The lowest BCUT2D eigenvalue weighted by atomic mass is 9.97. The molecular weight excluding hydrogens is 452 g/mol. The largest absolute Gasteiger partial charge is 0.394 e. The lowest BCUT2D eigenvalue weighted by Crippen LogP contribution is -2.64. The summed E-state index contributed by atoms with van der Waals surface area (Å²) in [5, 5.41) is 70.0. The smallest absolute Gasteiger partial charge is 0.187 e. The fourth-order valence-corrected chi connectivity index (χ4v) is 4.31. The zero-order chi connectivity index (χ0) is 25.1. The molecule has 34 heavy (non-hydrogen) atoms. The van der Waals surface area contributed by atoms with Gasteiger partial charge in [-0.2, -0.15) is 0 Å². The third-order valence-corrected chi connectivity index (χ3v) is 6.49. The summed E-state index contributed by atoms with van der Waals surface area (Å²) in [6.07, 6.45) is -3.99. The van der Waals surface area contributed by atoms with Gasteiger partial charge in [-0.1, -0.05) is 58.3 Å². The van der Waals surface area contributed by atoms with E-state index in [1.165, 1.54) is 38.5 Å². The van der Waals surface area contributed by atoms with Crippen LogP contribution in [0.4, 0.5) is 0 Å². The van der Waals surface area contributed by atoms with E-state index in [1.807, 2.05) is 0 Å². The molecule has 10 atom stereocenters. The predicted molar refractivity (Wildman–Crippen MR) is 120 cm³/mol. The summed E-state index contributed by atoms with van der Waals surface area (Å²) in [6, 6.07) is 0. The number of ether oxygens (including phenoxy) is 4. The monoisotopic (exact) mass is 496 g/mol. The molecule has 0 radical (unpaired) electrons. The highest BCUT2D eigenvalue weighted by Crippen LogP contribution is 2.29. The van der Waals surface area contributed by atoms with Crippen molar-refractivity contribution in [1.29, 1.82) is 0 Å². The second kappa shape index (κ2) is 15.6. The topological polar surface area (TPSA) is 179 Å². The van der Waals surface area contributed by atoms with E-state index < -0.39 is 74.6 Å². The molecule has 0 bridgehead atoms. The van der Waals surface area contributed by atoms with Crippen molar-refractivity contribution in [2.45, 2.75) is 126 Å². The molecule has 2 fully saturated rings. The molecule has 0 aromatic heterocycles. The first kappa shape index (κ1) is 29.8. The van der Waals surface area contributed by atoms with E-state index >= 15 is 0 Å². The third-order valence-electron chi connectivity index (χ3n) is 6.49. The molecule has 7 N–H and O–H groups in total. The second-order valence-electron chi connectivity index (χ2n) is 9.20. The molecule has 2 aliphatic heterocycles. The Bertz CT molecular complexity index is 535. The van der Waals surface area contributed by atoms with Crippen molar-refractivity contribution < 1.29 is 54.7 Å². The van der Waals surface area contributed by atoms with Crippen molar-refractivity contribution in [2.24, 2.45) is 0 Å². The fourth-order valence-electron chi connectivity index (χ4n) is 4.31. The van der Waals surface area contributed by atoms with Crippen LogP contribution in [0.5, 0.6) is 0 Å². The average molecular weight is 497 g/mol. The summed E-state index contributed by atoms with van der Waals surface area (Å²) < 4.78 is 22.0. The van der Waals surface area contributed by atoms with Gasteiger partial charge in [0.2, 0.25) is 0 Å². The first-order valence-electron chi connectivity index (χ1n) is 12.6. The van der Waals surface area contributed by atoms with E-state index in [9.17, 15) is 35.7 Å². The van der Waals surface area contributed by atoms with Crippen molar-refractivity contribution in [3.8, 4) is 0 Å². The van der Waals surface area contributed by atoms with Crippen molar-refractivity contribution in [3.05, 3.63) is 0 Å². The Balaban J connectivity index is 1.78. The first-order valence-corrected chi connectivity index (χ1v) is 12.6. The minimum Gasteiger partial charge on any atom is -0.394 e. The molecule has 2 heterocycles. The van der Waals surface area contributed by atoms with Crippen LogP contribution < -0.4 is 0 Å². The maximum atomic E-state index is 10.6. The Labute approximate surface area is 201 Å². The van der Waals surface area contributed by atoms with Crippen molar-refractivity contribution in [2.75, 3.05) is 19.8 Å². The van der Waals surface area contributed by atoms with Crippen LogP contribution in [-0.2, 0) is 18.9 Å². The van der Waals surface area contributed by atoms with Gasteiger partial charge in [0.05, 0.1) is 13.2 Å². The highest BCUT2D eigenvalue weighted by Gasteiger charge is 2.50. The Morgan fingerprint density at radius 3 is 1.71 bits per heavy atom. The van der Waals surface area contributed by atoms with Gasteiger partial charge in [-0.3, -0.25) is 0 Å². The van der Waals surface area contributed by atoms with Gasteiger partial charge in [-0.25, -0.2) is 0 Å². The van der Waals surface area contributed by atoms with Gasteiger partial charge in [0.1, 0.15) is 48.8 Å². The van der Waals surface area contributed by atoms with E-state index in [4.69, 9.17) is 18.9 Å². The van der Waals surface area contributed by atoms with Gasteiger partial charge in [0.25, 0.3) is 0 Å². The summed E-state index contributed by atoms with van der Waals surface area (Å²) in [7, 11) is 0. The lowest BCUT2D eigenvalue weighted by molar-refractivity contribution is -0.359. The Kier molecular flexibility index (Phi) is 13.7. The maximum absolute atomic E-state index is 10.6. The molecule has 0 saturated carbocycles. The van der Waals surface area contributed by atoms with Gasteiger partial charge >= 0.3 is 0 Å². The number of unbranched alkanes of at least 4 members (excludes halogenated alkanes) is 8. The standard InChI is InChI=1S/C23H44O11/c1-2-3-4-5-6-7-8-9-10-11-31-22-20(30)18(28)21(15(13-25)33-22)34-23-19(29)17(27)16(26)14(12-24)32-23/h14-30H,2-13H2,1H3/t14?,15?,16-,17-,18?,19?,20-,21-,22+,23-/m0/s1. The number of hydrogen-bond donors (Lipinski definition) is 7. The minimum atomic E-state index is -1.69. The molecular formula is C23H44O11. The van der Waals surface area contributed by atoms with E-state index in [-0.39, 0.29) is 0 Å². The molecule has 0 aromatic carbocycles. The van der Waals surface area contributed by atoms with Crippen molar-refractivity contribution in [1.82, 2.24) is 0 Å². The normalized spacial score (nSPS) is 38.8. The first-order chi connectivity index (χ1) is 16.3. The summed E-state index contributed by atoms with van der Waals surface area (Å²) in [6.45, 7) is 1.29. The van der Waals surface area contributed by atoms with Gasteiger partial charge < -0.3 is 54.7 Å². The molecule has 11 nitrogen and oxygen atoms in total. The van der Waals surface area contributed by atoms with Crippen LogP contribution >= 0.6 is 0 Å². The SMILES string of the molecule is CCCCCCCCCCCO[C@@H]1OC(CO)[C@H](O[C@@H]2OC(CO)[C@H](O)[C@H](O)C2O)C(O)[C@@H]1O. The summed E-state index contributed by atoms with van der Waals surface area (Å²) >= 11 is 0. The highest BCUT2D eigenvalue weighted by atomic mass is 16.7. The Morgan fingerprint density at radius 1 is 0.588 bits per heavy atom. The van der Waals surface area contributed by atoms with Crippen molar-refractivity contribution >= 4 is 0 Å². The number of aliphatic hydroxyl groups excluding tert-OH is 7. The molecule has 4 unspecified atom stereocenters. The average Bonchev–Trinajstić information content (AvgIpc) is 2.84. The van der Waals surface area contributed by atoms with Gasteiger partial charge in [0.15, 0.2) is 12.6 Å². The summed E-state index contributed by atoms with van der Waals surface area (Å²) in [5.74, 6) is 0. The van der Waals surface area contributed by atoms with Crippen LogP contribution in [-0.4, -0.2) is 117 Å². The lowest BCUT2D eigenvalue weighted by Gasteiger charge is -2.45. The molecule has 0 aromatic rings. The van der Waals surface area contributed by atoms with Crippen LogP contribution in [0.2, 0.25) is 0 Å². The minimum absolute atomic E-state index is 0.320. The number of rotatable bonds is 15. The fraction of sp³-hybridized carbons (Fsp3) is 1.00. The Hall–Kier alpha value is -0.440. The summed E-state index contributed by atoms with van der Waals surface area (Å²) in [5.41, 5.74) is 0. The van der Waals surface area contributed by atoms with E-state index in [2.05, 4.69) is 6.92 Å². The van der Waals surface area contributed by atoms with Gasteiger partial charge in [-0.05, 0) is 6.42 Å². The molecule has 0 amide bonds. The van der Waals surface area contributed by atoms with E-state index in [0.29, 0.717) is 6.61 Å². The molecule has 0 aliphatic carbocycles. The summed E-state index contributed by atoms with van der Waals surface area (Å²) in [4.78, 5) is 0. The molecule has 2 saturated heterocycles. The highest BCUT2D eigenvalue weighted by molar-refractivity contribution is 4.94. The Morgan fingerprint density at radius 2 is 1.12 bits per heavy atom. The van der Waals surface area contributed by atoms with Crippen LogP contribution in [0.1, 0.15) is 64.7 Å². The molecule has 0 spiro atoms. The van der Waals surface area contributed by atoms with Gasteiger partial charge in [0, 0.05) is 6.61 Å². The molecule has 202 valence electrons. The van der Waals surface area contributed by atoms with Crippen LogP contribution in [0, 0.1) is 0 Å². The van der Waals surface area contributed by atoms with Crippen LogP contribution in [0.15, 0.2) is 0 Å². The molecule has 2 aliphatic rings. The zero-order valence-electron chi connectivity index (χ0n) is 20.0. The van der Waals surface area contributed by atoms with E-state index in [1.54, 1.807) is 0 Å². The van der Waals surface area contributed by atoms with Crippen molar-refractivity contribution in [3.63, 3.8) is 0 Å². The molecule has 2 rings (SSSR count). The van der Waals surface area contributed by atoms with E-state index in [0.717, 1.165) is 19.3 Å². The van der Waals surface area contributed by atoms with Crippen LogP contribution in [0.25, 0.3) is 0 Å². The third kappa shape index (κ3) is 8.31. The second-order valence-corrected chi connectivity index (χ2v) is 9.20. The maximum Gasteiger partial charge on any atom is 0.187 e. The van der Waals surface area contributed by atoms with Crippen LogP contribution in [0.3, 0.4) is 0 Å².